The zero-order chi connectivity index (χ0) is 12.3. The summed E-state index contributed by atoms with van der Waals surface area (Å²) in [5, 5.41) is 6.91. The number of nitrogens with zero attached hydrogens (tertiary/aromatic N) is 2. The lowest BCUT2D eigenvalue weighted by molar-refractivity contribution is 0.371. The first kappa shape index (κ1) is 12.3. The summed E-state index contributed by atoms with van der Waals surface area (Å²) >= 11 is 0. The Morgan fingerprint density at radius 3 is 2.35 bits per heavy atom. The Hall–Kier alpha value is -1.16. The van der Waals surface area contributed by atoms with Crippen molar-refractivity contribution in [1.29, 1.82) is 0 Å². The number of hydrogen-bond donors (Lipinski definition) is 2. The second kappa shape index (κ2) is 5.45. The lowest BCUT2D eigenvalue weighted by Gasteiger charge is -2.29. The molecule has 1 heterocycles. The average Bonchev–Trinajstić information content (AvgIpc) is 2.36. The molecular weight excluding hydrogens is 212 g/mol. The number of hydrogen-bond acceptors (Lipinski definition) is 4. The van der Waals surface area contributed by atoms with Crippen LogP contribution in [0.25, 0.3) is 0 Å². The van der Waals surface area contributed by atoms with E-state index < -0.39 is 0 Å². The Balaban J connectivity index is 1.95. The predicted octanol–water partition coefficient (Wildman–Crippen LogP) is 2.04. The van der Waals surface area contributed by atoms with E-state index in [0.717, 1.165) is 11.5 Å². The van der Waals surface area contributed by atoms with Crippen LogP contribution in [-0.4, -0.2) is 29.1 Å². The third-order valence-corrected chi connectivity index (χ3v) is 3.81. The maximum absolute atomic E-state index is 4.33. The third kappa shape index (κ3) is 2.94. The molecular formula is C13H22N4. The van der Waals surface area contributed by atoms with Crippen LogP contribution in [0.4, 0.5) is 5.82 Å². The smallest absolute Gasteiger partial charge is 0.132 e. The van der Waals surface area contributed by atoms with Gasteiger partial charge in [-0.05, 0) is 46.6 Å². The summed E-state index contributed by atoms with van der Waals surface area (Å²) in [7, 11) is 2.05. The number of aryl methyl sites for hydroxylation is 1. The van der Waals surface area contributed by atoms with Crippen molar-refractivity contribution in [2.75, 3.05) is 12.4 Å². The highest BCUT2D eigenvalue weighted by molar-refractivity contribution is 5.45. The van der Waals surface area contributed by atoms with Crippen LogP contribution in [0, 0.1) is 13.8 Å². The van der Waals surface area contributed by atoms with Crippen molar-refractivity contribution < 1.29 is 0 Å². The lowest BCUT2D eigenvalue weighted by Crippen LogP contribution is -2.35. The lowest BCUT2D eigenvalue weighted by atomic mass is 9.91. The third-order valence-electron chi connectivity index (χ3n) is 3.81. The molecule has 1 aliphatic carbocycles. The molecule has 0 spiro atoms. The van der Waals surface area contributed by atoms with Gasteiger partial charge in [0.1, 0.15) is 12.1 Å². The first-order valence-electron chi connectivity index (χ1n) is 6.42. The summed E-state index contributed by atoms with van der Waals surface area (Å²) in [5.41, 5.74) is 2.23. The number of nitrogens with one attached hydrogen (secondary N) is 2. The van der Waals surface area contributed by atoms with Crippen molar-refractivity contribution >= 4 is 5.82 Å². The maximum atomic E-state index is 4.33. The fourth-order valence-corrected chi connectivity index (χ4v) is 2.40. The summed E-state index contributed by atoms with van der Waals surface area (Å²) in [6, 6.07) is 1.26. The second-order valence-corrected chi connectivity index (χ2v) is 4.91. The highest BCUT2D eigenvalue weighted by atomic mass is 15.0. The summed E-state index contributed by atoms with van der Waals surface area (Å²) in [4.78, 5) is 8.53. The zero-order valence-corrected chi connectivity index (χ0v) is 11.0. The van der Waals surface area contributed by atoms with E-state index in [9.17, 15) is 0 Å². The van der Waals surface area contributed by atoms with E-state index in [1.54, 1.807) is 6.33 Å². The molecule has 1 aromatic heterocycles. The van der Waals surface area contributed by atoms with Gasteiger partial charge in [-0.15, -0.1) is 0 Å². The molecule has 1 fully saturated rings. The van der Waals surface area contributed by atoms with Gasteiger partial charge in [-0.3, -0.25) is 0 Å². The minimum Gasteiger partial charge on any atom is -0.367 e. The van der Waals surface area contributed by atoms with Crippen LogP contribution >= 0.6 is 0 Å². The van der Waals surface area contributed by atoms with Crippen LogP contribution in [0.5, 0.6) is 0 Å². The molecule has 0 aliphatic heterocycles. The maximum Gasteiger partial charge on any atom is 0.132 e. The van der Waals surface area contributed by atoms with Crippen molar-refractivity contribution in [3.8, 4) is 0 Å². The topological polar surface area (TPSA) is 49.8 Å². The molecule has 0 saturated heterocycles. The summed E-state index contributed by atoms with van der Waals surface area (Å²) in [6.07, 6.45) is 6.57. The molecule has 0 aromatic carbocycles. The highest BCUT2D eigenvalue weighted by Gasteiger charge is 2.20. The fraction of sp³-hybridized carbons (Fsp3) is 0.692. The molecule has 2 N–H and O–H groups in total. The van der Waals surface area contributed by atoms with Crippen LogP contribution in [0.2, 0.25) is 0 Å². The zero-order valence-electron chi connectivity index (χ0n) is 11.0. The molecule has 0 amide bonds. The van der Waals surface area contributed by atoms with E-state index >= 15 is 0 Å². The van der Waals surface area contributed by atoms with Crippen LogP contribution in [-0.2, 0) is 0 Å². The monoisotopic (exact) mass is 234 g/mol. The molecule has 17 heavy (non-hydrogen) atoms. The second-order valence-electron chi connectivity index (χ2n) is 4.91. The highest BCUT2D eigenvalue weighted by Crippen LogP contribution is 2.23. The molecule has 0 bridgehead atoms. The van der Waals surface area contributed by atoms with Gasteiger partial charge >= 0.3 is 0 Å². The van der Waals surface area contributed by atoms with E-state index in [-0.39, 0.29) is 0 Å². The molecule has 1 aliphatic rings. The first-order valence-corrected chi connectivity index (χ1v) is 6.42. The van der Waals surface area contributed by atoms with Crippen molar-refractivity contribution in [1.82, 2.24) is 15.3 Å². The van der Waals surface area contributed by atoms with E-state index in [4.69, 9.17) is 0 Å². The fourth-order valence-electron chi connectivity index (χ4n) is 2.40. The van der Waals surface area contributed by atoms with Crippen molar-refractivity contribution in [2.45, 2.75) is 51.6 Å². The van der Waals surface area contributed by atoms with Gasteiger partial charge in [-0.25, -0.2) is 9.97 Å². The predicted molar refractivity (Wildman–Crippen MR) is 70.2 cm³/mol. The Bertz CT molecular complexity index is 370. The summed E-state index contributed by atoms with van der Waals surface area (Å²) < 4.78 is 0. The van der Waals surface area contributed by atoms with E-state index in [2.05, 4.69) is 34.6 Å². The molecule has 0 radical (unpaired) electrons. The van der Waals surface area contributed by atoms with Gasteiger partial charge in [0.15, 0.2) is 0 Å². The molecule has 4 nitrogen and oxygen atoms in total. The molecule has 1 aromatic rings. The van der Waals surface area contributed by atoms with E-state index in [1.807, 2.05) is 6.92 Å². The molecule has 1 saturated carbocycles. The summed E-state index contributed by atoms with van der Waals surface area (Å²) in [5.74, 6) is 1.01. The molecule has 0 unspecified atom stereocenters. The van der Waals surface area contributed by atoms with Gasteiger partial charge in [-0.2, -0.15) is 0 Å². The standard InChI is InChI=1S/C13H22N4/c1-9-10(2)15-8-16-13(9)17-12-6-4-11(14-3)5-7-12/h8,11-12,14H,4-7H2,1-3H3,(H,15,16,17). The number of aromatic nitrogens is 2. The Morgan fingerprint density at radius 2 is 1.71 bits per heavy atom. The molecule has 2 rings (SSSR count). The van der Waals surface area contributed by atoms with Crippen molar-refractivity contribution in [2.24, 2.45) is 0 Å². The van der Waals surface area contributed by atoms with Gasteiger partial charge in [-0.1, -0.05) is 0 Å². The van der Waals surface area contributed by atoms with E-state index in [1.165, 1.54) is 31.2 Å². The first-order chi connectivity index (χ1) is 8.20. The van der Waals surface area contributed by atoms with Crippen molar-refractivity contribution in [3.63, 3.8) is 0 Å². The van der Waals surface area contributed by atoms with Gasteiger partial charge in [0.25, 0.3) is 0 Å². The van der Waals surface area contributed by atoms with Crippen LogP contribution in [0.1, 0.15) is 36.9 Å². The molecule has 94 valence electrons. The van der Waals surface area contributed by atoms with Gasteiger partial charge in [0.2, 0.25) is 0 Å². The minimum absolute atomic E-state index is 0.563. The number of anilines is 1. The Labute approximate surface area is 103 Å². The van der Waals surface area contributed by atoms with E-state index in [0.29, 0.717) is 12.1 Å². The molecule has 4 heteroatoms. The average molecular weight is 234 g/mol. The van der Waals surface area contributed by atoms with Crippen LogP contribution in [0.3, 0.4) is 0 Å². The largest absolute Gasteiger partial charge is 0.367 e. The van der Waals surface area contributed by atoms with Crippen LogP contribution in [0.15, 0.2) is 6.33 Å². The van der Waals surface area contributed by atoms with Gasteiger partial charge < -0.3 is 10.6 Å². The number of rotatable bonds is 3. The van der Waals surface area contributed by atoms with Crippen LogP contribution < -0.4 is 10.6 Å². The minimum atomic E-state index is 0.563. The quantitative estimate of drug-likeness (QED) is 0.840. The Morgan fingerprint density at radius 1 is 1.06 bits per heavy atom. The summed E-state index contributed by atoms with van der Waals surface area (Å²) in [6.45, 7) is 4.11. The van der Waals surface area contributed by atoms with Gasteiger partial charge in [0, 0.05) is 23.3 Å². The SMILES string of the molecule is CNC1CCC(Nc2ncnc(C)c2C)CC1. The van der Waals surface area contributed by atoms with Gasteiger partial charge in [0.05, 0.1) is 0 Å². The molecule has 0 atom stereocenters. The Kier molecular flexibility index (Phi) is 3.94. The van der Waals surface area contributed by atoms with Crippen molar-refractivity contribution in [3.05, 3.63) is 17.6 Å². The normalized spacial score (nSPS) is 24.6.